The lowest BCUT2D eigenvalue weighted by Crippen LogP contribution is -1.92. The molecule has 1 heterocycles. The van der Waals surface area contributed by atoms with E-state index in [9.17, 15) is 0 Å². The molecule has 1 aromatic heterocycles. The van der Waals surface area contributed by atoms with Gasteiger partial charge in [0.15, 0.2) is 0 Å². The van der Waals surface area contributed by atoms with E-state index in [0.717, 1.165) is 11.4 Å². The van der Waals surface area contributed by atoms with Crippen molar-refractivity contribution >= 4 is 38.9 Å². The first kappa shape index (κ1) is 12.7. The summed E-state index contributed by atoms with van der Waals surface area (Å²) in [4.78, 5) is 3.49. The summed E-state index contributed by atoms with van der Waals surface area (Å²) in [7, 11) is 0. The zero-order chi connectivity index (χ0) is 12.5. The molecule has 0 radical (unpaired) electrons. The van der Waals surface area contributed by atoms with Gasteiger partial charge >= 0.3 is 0 Å². The van der Waals surface area contributed by atoms with Crippen LogP contribution in [-0.2, 0) is 19.3 Å². The van der Waals surface area contributed by atoms with Gasteiger partial charge in [0.1, 0.15) is 0 Å². The highest BCUT2D eigenvalue weighted by Gasteiger charge is 2.18. The van der Waals surface area contributed by atoms with E-state index in [0.29, 0.717) is 4.83 Å². The second kappa shape index (κ2) is 5.36. The van der Waals surface area contributed by atoms with E-state index in [2.05, 4.69) is 34.1 Å². The van der Waals surface area contributed by atoms with Gasteiger partial charge in [0, 0.05) is 14.8 Å². The number of alkyl halides is 1. The summed E-state index contributed by atoms with van der Waals surface area (Å²) in [5.74, 6) is 0. The van der Waals surface area contributed by atoms with Crippen molar-refractivity contribution in [2.24, 2.45) is 0 Å². The van der Waals surface area contributed by atoms with Gasteiger partial charge in [-0.05, 0) is 55.0 Å². The molecule has 0 N–H and O–H groups in total. The molecule has 1 unspecified atom stereocenters. The van der Waals surface area contributed by atoms with Crippen LogP contribution in [0, 0.1) is 0 Å². The Hall–Kier alpha value is -0.310. The van der Waals surface area contributed by atoms with Crippen molar-refractivity contribution in [2.75, 3.05) is 0 Å². The summed E-state index contributed by atoms with van der Waals surface area (Å²) in [6.07, 6.45) is 4.91. The molecule has 0 saturated heterocycles. The third kappa shape index (κ3) is 2.66. The molecule has 3 rings (SSSR count). The Bertz CT molecular complexity index is 523. The van der Waals surface area contributed by atoms with E-state index in [1.165, 1.54) is 29.7 Å². The van der Waals surface area contributed by atoms with E-state index >= 15 is 0 Å². The maximum absolute atomic E-state index is 5.91. The smallest absolute Gasteiger partial charge is 0.0529 e. The van der Waals surface area contributed by atoms with Crippen molar-refractivity contribution in [2.45, 2.75) is 30.5 Å². The van der Waals surface area contributed by atoms with Gasteiger partial charge in [-0.2, -0.15) is 0 Å². The number of hydrogen-bond acceptors (Lipinski definition) is 1. The number of rotatable bonds is 3. The number of benzene rings is 1. The molecular formula is C15H14BrClS. The van der Waals surface area contributed by atoms with Gasteiger partial charge in [0.05, 0.1) is 4.83 Å². The first-order valence-electron chi connectivity index (χ1n) is 6.22. The van der Waals surface area contributed by atoms with E-state index < -0.39 is 0 Å². The molecule has 18 heavy (non-hydrogen) atoms. The van der Waals surface area contributed by atoms with Gasteiger partial charge in [-0.25, -0.2) is 0 Å². The fraction of sp³-hybridized carbons (Fsp3) is 0.333. The average Bonchev–Trinajstić information content (AvgIpc) is 2.92. The third-order valence-electron chi connectivity index (χ3n) is 3.40. The van der Waals surface area contributed by atoms with Crippen LogP contribution >= 0.6 is 38.9 Å². The lowest BCUT2D eigenvalue weighted by atomic mass is 10.1. The minimum absolute atomic E-state index is 0.425. The maximum atomic E-state index is 5.91. The molecule has 0 amide bonds. The first-order chi connectivity index (χ1) is 8.72. The van der Waals surface area contributed by atoms with Crippen LogP contribution in [0.4, 0.5) is 0 Å². The highest BCUT2D eigenvalue weighted by Crippen LogP contribution is 2.38. The topological polar surface area (TPSA) is 0 Å². The Morgan fingerprint density at radius 3 is 2.72 bits per heavy atom. The van der Waals surface area contributed by atoms with Crippen LogP contribution in [0.1, 0.15) is 32.1 Å². The highest BCUT2D eigenvalue weighted by atomic mass is 79.9. The Labute approximate surface area is 125 Å². The van der Waals surface area contributed by atoms with Crippen LogP contribution in [-0.4, -0.2) is 0 Å². The van der Waals surface area contributed by atoms with Gasteiger partial charge in [0.25, 0.3) is 0 Å². The minimum Gasteiger partial charge on any atom is -0.144 e. The summed E-state index contributed by atoms with van der Waals surface area (Å²) in [6.45, 7) is 0. The lowest BCUT2D eigenvalue weighted by Gasteiger charge is -2.08. The second-order valence-electron chi connectivity index (χ2n) is 4.75. The summed E-state index contributed by atoms with van der Waals surface area (Å²) < 4.78 is 0. The number of thiophene rings is 1. The molecule has 0 saturated carbocycles. The fourth-order valence-corrected chi connectivity index (χ4v) is 4.58. The fourth-order valence-electron chi connectivity index (χ4n) is 2.43. The van der Waals surface area contributed by atoms with Gasteiger partial charge in [-0.15, -0.1) is 11.3 Å². The van der Waals surface area contributed by atoms with E-state index in [4.69, 9.17) is 11.6 Å². The van der Waals surface area contributed by atoms with Crippen LogP contribution < -0.4 is 0 Å². The largest absolute Gasteiger partial charge is 0.144 e. The number of aryl methyl sites for hydroxylation is 2. The number of hydrogen-bond donors (Lipinski definition) is 0. The lowest BCUT2D eigenvalue weighted by molar-refractivity contribution is 0.909. The predicted molar refractivity (Wildman–Crippen MR) is 83.2 cm³/mol. The quantitative estimate of drug-likeness (QED) is 0.640. The van der Waals surface area contributed by atoms with Crippen molar-refractivity contribution in [3.63, 3.8) is 0 Å². The normalized spacial score (nSPS) is 15.7. The summed E-state index contributed by atoms with van der Waals surface area (Å²) >= 11 is 11.7. The van der Waals surface area contributed by atoms with Crippen LogP contribution in [0.15, 0.2) is 30.3 Å². The molecule has 0 bridgehead atoms. The Morgan fingerprint density at radius 1 is 1.22 bits per heavy atom. The van der Waals surface area contributed by atoms with Gasteiger partial charge in [0.2, 0.25) is 0 Å². The molecule has 1 aliphatic rings. The summed E-state index contributed by atoms with van der Waals surface area (Å²) in [6, 6.07) is 10.5. The maximum Gasteiger partial charge on any atom is 0.0529 e. The van der Waals surface area contributed by atoms with Gasteiger partial charge < -0.3 is 0 Å². The van der Waals surface area contributed by atoms with Crippen LogP contribution in [0.2, 0.25) is 5.02 Å². The molecule has 1 aromatic carbocycles. The van der Waals surface area contributed by atoms with Crippen molar-refractivity contribution < 1.29 is 0 Å². The van der Waals surface area contributed by atoms with Crippen LogP contribution in [0.25, 0.3) is 0 Å². The Kier molecular flexibility index (Phi) is 3.78. The molecule has 0 aliphatic heterocycles. The van der Waals surface area contributed by atoms with E-state index in [1.807, 2.05) is 23.5 Å². The number of fused-ring (bicyclic) bond motifs is 1. The van der Waals surface area contributed by atoms with Crippen LogP contribution in [0.5, 0.6) is 0 Å². The van der Waals surface area contributed by atoms with Crippen molar-refractivity contribution in [3.8, 4) is 0 Å². The zero-order valence-electron chi connectivity index (χ0n) is 9.96. The molecule has 94 valence electrons. The molecule has 1 aliphatic carbocycles. The SMILES string of the molecule is Clc1ccc(CC(Br)c2cc3c(s2)CCC3)cc1. The average molecular weight is 342 g/mol. The van der Waals surface area contributed by atoms with Crippen molar-refractivity contribution in [1.82, 2.24) is 0 Å². The molecular weight excluding hydrogens is 328 g/mol. The molecule has 0 fully saturated rings. The first-order valence-corrected chi connectivity index (χ1v) is 8.33. The zero-order valence-corrected chi connectivity index (χ0v) is 13.1. The van der Waals surface area contributed by atoms with E-state index in [1.54, 1.807) is 10.4 Å². The highest BCUT2D eigenvalue weighted by molar-refractivity contribution is 9.09. The molecule has 1 atom stereocenters. The second-order valence-corrected chi connectivity index (χ2v) is 7.46. The van der Waals surface area contributed by atoms with Crippen molar-refractivity contribution in [3.05, 3.63) is 56.2 Å². The van der Waals surface area contributed by atoms with Crippen molar-refractivity contribution in [1.29, 1.82) is 0 Å². The van der Waals surface area contributed by atoms with E-state index in [-0.39, 0.29) is 0 Å². The Balaban J connectivity index is 1.74. The van der Waals surface area contributed by atoms with Gasteiger partial charge in [-0.3, -0.25) is 0 Å². The molecule has 0 nitrogen and oxygen atoms in total. The van der Waals surface area contributed by atoms with Crippen LogP contribution in [0.3, 0.4) is 0 Å². The minimum atomic E-state index is 0.425. The Morgan fingerprint density at radius 2 is 2.00 bits per heavy atom. The molecule has 2 aromatic rings. The summed E-state index contributed by atoms with van der Waals surface area (Å²) in [5, 5.41) is 0.806. The standard InChI is InChI=1S/C15H14BrClS/c16-13(8-10-4-6-12(17)7-5-10)15-9-11-2-1-3-14(11)18-15/h4-7,9,13H,1-3,8H2. The number of halogens is 2. The van der Waals surface area contributed by atoms with Gasteiger partial charge in [-0.1, -0.05) is 39.7 Å². The monoisotopic (exact) mass is 340 g/mol. The molecule has 3 heteroatoms. The predicted octanol–water partition coefficient (Wildman–Crippen LogP) is 5.57. The summed E-state index contributed by atoms with van der Waals surface area (Å²) in [5.41, 5.74) is 2.91. The molecule has 0 spiro atoms. The third-order valence-corrected chi connectivity index (χ3v) is 6.13.